The van der Waals surface area contributed by atoms with E-state index < -0.39 is 0 Å². The first kappa shape index (κ1) is 15.2. The number of rotatable bonds is 6. The van der Waals surface area contributed by atoms with Gasteiger partial charge in [0.25, 0.3) is 0 Å². The van der Waals surface area contributed by atoms with Gasteiger partial charge in [0.05, 0.1) is 6.54 Å². The Morgan fingerprint density at radius 3 is 2.63 bits per heavy atom. The zero-order valence-electron chi connectivity index (χ0n) is 11.6. The fourth-order valence-electron chi connectivity index (χ4n) is 1.47. The number of hydrogen-bond acceptors (Lipinski definition) is 3. The highest BCUT2D eigenvalue weighted by molar-refractivity contribution is 5.92. The van der Waals surface area contributed by atoms with E-state index in [4.69, 9.17) is 0 Å². The van der Waals surface area contributed by atoms with Crippen molar-refractivity contribution in [1.29, 1.82) is 0 Å². The Morgan fingerprint density at radius 1 is 1.26 bits per heavy atom. The summed E-state index contributed by atoms with van der Waals surface area (Å²) < 4.78 is 0. The highest BCUT2D eigenvalue weighted by Gasteiger charge is 2.07. The third-order valence-corrected chi connectivity index (χ3v) is 2.55. The molecule has 2 amide bonds. The molecule has 0 aliphatic rings. The molecule has 0 aliphatic heterocycles. The first-order valence-corrected chi connectivity index (χ1v) is 6.34. The molecule has 0 spiro atoms. The Hall–Kier alpha value is -1.88. The van der Waals surface area contributed by atoms with Gasteiger partial charge in [0.15, 0.2) is 0 Å². The van der Waals surface area contributed by atoms with Crippen molar-refractivity contribution in [1.82, 2.24) is 10.6 Å². The minimum atomic E-state index is -0.0565. The zero-order chi connectivity index (χ0) is 14.3. The van der Waals surface area contributed by atoms with Crippen LogP contribution in [0.5, 0.6) is 0 Å². The molecular formula is C14H21N3O2. The summed E-state index contributed by atoms with van der Waals surface area (Å²) in [5.41, 5.74) is 1.70. The molecule has 0 radical (unpaired) electrons. The topological polar surface area (TPSA) is 70.2 Å². The zero-order valence-corrected chi connectivity index (χ0v) is 11.6. The maximum absolute atomic E-state index is 11.6. The molecule has 0 fully saturated rings. The van der Waals surface area contributed by atoms with Crippen LogP contribution in [-0.4, -0.2) is 25.4 Å². The Balaban J connectivity index is 2.57. The lowest BCUT2D eigenvalue weighted by molar-refractivity contribution is -0.120. The van der Waals surface area contributed by atoms with Gasteiger partial charge >= 0.3 is 0 Å². The van der Waals surface area contributed by atoms with Crippen molar-refractivity contribution in [3.05, 3.63) is 29.8 Å². The van der Waals surface area contributed by atoms with E-state index in [-0.39, 0.29) is 17.7 Å². The molecule has 1 aromatic rings. The Bertz CT molecular complexity index is 444. The van der Waals surface area contributed by atoms with Crippen LogP contribution in [0.3, 0.4) is 0 Å². The Morgan fingerprint density at radius 2 is 2.00 bits per heavy atom. The van der Waals surface area contributed by atoms with Crippen molar-refractivity contribution in [3.63, 3.8) is 0 Å². The summed E-state index contributed by atoms with van der Waals surface area (Å²) in [6, 6.07) is 7.46. The van der Waals surface area contributed by atoms with E-state index in [2.05, 4.69) is 16.0 Å². The average molecular weight is 263 g/mol. The predicted molar refractivity (Wildman–Crippen MR) is 75.7 cm³/mol. The number of benzene rings is 1. The van der Waals surface area contributed by atoms with Gasteiger partial charge in [0.2, 0.25) is 11.8 Å². The van der Waals surface area contributed by atoms with Gasteiger partial charge in [-0.15, -0.1) is 0 Å². The molecule has 0 heterocycles. The fourth-order valence-corrected chi connectivity index (χ4v) is 1.47. The summed E-state index contributed by atoms with van der Waals surface area (Å²) in [6.07, 6.45) is 0. The number of carbonyl (C=O) groups is 2. The molecular weight excluding hydrogens is 242 g/mol. The molecule has 3 N–H and O–H groups in total. The second-order valence-electron chi connectivity index (χ2n) is 4.65. The molecule has 0 unspecified atom stereocenters. The molecule has 104 valence electrons. The first-order chi connectivity index (χ1) is 9.02. The van der Waals surface area contributed by atoms with Crippen molar-refractivity contribution in [2.75, 3.05) is 18.9 Å². The standard InChI is InChI=1S/C14H21N3O2/c1-10(2)14(19)17-12-6-4-5-11(7-12)8-16-13(18)9-15-3/h4-7,10,15H,8-9H2,1-3H3,(H,16,18)(H,17,19). The van der Waals surface area contributed by atoms with Crippen molar-refractivity contribution < 1.29 is 9.59 Å². The van der Waals surface area contributed by atoms with Gasteiger partial charge in [-0.1, -0.05) is 26.0 Å². The molecule has 0 bridgehead atoms. The number of carbonyl (C=O) groups excluding carboxylic acids is 2. The van der Waals surface area contributed by atoms with Gasteiger partial charge in [-0.05, 0) is 24.7 Å². The van der Waals surface area contributed by atoms with E-state index in [1.54, 1.807) is 7.05 Å². The lowest BCUT2D eigenvalue weighted by Crippen LogP contribution is -2.31. The molecule has 0 atom stereocenters. The quantitative estimate of drug-likeness (QED) is 0.720. The highest BCUT2D eigenvalue weighted by atomic mass is 16.2. The van der Waals surface area contributed by atoms with Crippen LogP contribution in [0.4, 0.5) is 5.69 Å². The van der Waals surface area contributed by atoms with Crippen LogP contribution in [0, 0.1) is 5.92 Å². The first-order valence-electron chi connectivity index (χ1n) is 6.34. The van der Waals surface area contributed by atoms with Crippen molar-refractivity contribution in [2.24, 2.45) is 5.92 Å². The lowest BCUT2D eigenvalue weighted by atomic mass is 10.1. The molecule has 19 heavy (non-hydrogen) atoms. The largest absolute Gasteiger partial charge is 0.351 e. The molecule has 1 rings (SSSR count). The smallest absolute Gasteiger partial charge is 0.234 e. The third kappa shape index (κ3) is 5.52. The van der Waals surface area contributed by atoms with Gasteiger partial charge in [-0.3, -0.25) is 9.59 Å². The van der Waals surface area contributed by atoms with E-state index in [0.29, 0.717) is 13.1 Å². The normalized spacial score (nSPS) is 10.3. The monoisotopic (exact) mass is 263 g/mol. The van der Waals surface area contributed by atoms with E-state index >= 15 is 0 Å². The number of amides is 2. The SMILES string of the molecule is CNCC(=O)NCc1cccc(NC(=O)C(C)C)c1. The second kappa shape index (κ2) is 7.53. The summed E-state index contributed by atoms with van der Waals surface area (Å²) in [7, 11) is 1.72. The number of likely N-dealkylation sites (N-methyl/N-ethyl adjacent to an activating group) is 1. The van der Waals surface area contributed by atoms with E-state index in [9.17, 15) is 9.59 Å². The van der Waals surface area contributed by atoms with Gasteiger partial charge < -0.3 is 16.0 Å². The third-order valence-electron chi connectivity index (χ3n) is 2.55. The van der Waals surface area contributed by atoms with Crippen molar-refractivity contribution in [2.45, 2.75) is 20.4 Å². The minimum absolute atomic E-state index is 0.0173. The van der Waals surface area contributed by atoms with E-state index in [1.165, 1.54) is 0 Å². The molecule has 0 aliphatic carbocycles. The summed E-state index contributed by atoms with van der Waals surface area (Å²) in [5.74, 6) is -0.130. The van der Waals surface area contributed by atoms with Crippen LogP contribution in [0.1, 0.15) is 19.4 Å². The Labute approximate surface area is 113 Å². The van der Waals surface area contributed by atoms with Crippen molar-refractivity contribution >= 4 is 17.5 Å². The molecule has 5 nitrogen and oxygen atoms in total. The van der Waals surface area contributed by atoms with Crippen LogP contribution in [0.15, 0.2) is 24.3 Å². The van der Waals surface area contributed by atoms with Gasteiger partial charge in [-0.2, -0.15) is 0 Å². The maximum atomic E-state index is 11.6. The minimum Gasteiger partial charge on any atom is -0.351 e. The number of nitrogens with one attached hydrogen (secondary N) is 3. The van der Waals surface area contributed by atoms with Crippen LogP contribution in [0.25, 0.3) is 0 Å². The number of anilines is 1. The molecule has 0 saturated heterocycles. The van der Waals surface area contributed by atoms with Gasteiger partial charge in [0.1, 0.15) is 0 Å². The van der Waals surface area contributed by atoms with Gasteiger partial charge in [-0.25, -0.2) is 0 Å². The van der Waals surface area contributed by atoms with Crippen molar-refractivity contribution in [3.8, 4) is 0 Å². The maximum Gasteiger partial charge on any atom is 0.234 e. The fraction of sp³-hybridized carbons (Fsp3) is 0.429. The van der Waals surface area contributed by atoms with E-state index in [0.717, 1.165) is 11.3 Å². The average Bonchev–Trinajstić information content (AvgIpc) is 2.37. The molecule has 0 saturated carbocycles. The lowest BCUT2D eigenvalue weighted by Gasteiger charge is -2.10. The molecule has 0 aromatic heterocycles. The summed E-state index contributed by atoms with van der Waals surface area (Å²) in [4.78, 5) is 22.9. The van der Waals surface area contributed by atoms with Crippen LogP contribution in [-0.2, 0) is 16.1 Å². The molecule has 1 aromatic carbocycles. The highest BCUT2D eigenvalue weighted by Crippen LogP contribution is 2.11. The predicted octanol–water partition coefficient (Wildman–Crippen LogP) is 1.12. The van der Waals surface area contributed by atoms with E-state index in [1.807, 2.05) is 38.1 Å². The summed E-state index contributed by atoms with van der Waals surface area (Å²) >= 11 is 0. The van der Waals surface area contributed by atoms with Gasteiger partial charge in [0, 0.05) is 18.2 Å². The molecule has 5 heteroatoms. The van der Waals surface area contributed by atoms with Crippen LogP contribution in [0.2, 0.25) is 0 Å². The van der Waals surface area contributed by atoms with Crippen LogP contribution >= 0.6 is 0 Å². The second-order valence-corrected chi connectivity index (χ2v) is 4.65. The Kier molecular flexibility index (Phi) is 6.02. The van der Waals surface area contributed by atoms with Crippen LogP contribution < -0.4 is 16.0 Å². The summed E-state index contributed by atoms with van der Waals surface area (Å²) in [5, 5.41) is 8.40. The number of hydrogen-bond donors (Lipinski definition) is 3. The summed E-state index contributed by atoms with van der Waals surface area (Å²) in [6.45, 7) is 4.43.